The van der Waals surface area contributed by atoms with Gasteiger partial charge in [-0.1, -0.05) is 0 Å². The van der Waals surface area contributed by atoms with Crippen molar-refractivity contribution in [1.82, 2.24) is 24.5 Å². The van der Waals surface area contributed by atoms with E-state index in [2.05, 4.69) is 20.4 Å². The lowest BCUT2D eigenvalue weighted by Gasteiger charge is -2.40. The van der Waals surface area contributed by atoms with E-state index in [1.165, 1.54) is 28.9 Å². The second kappa shape index (κ2) is 11.4. The minimum Gasteiger partial charge on any atom is -0.505 e. The third-order valence-corrected chi connectivity index (χ3v) is 10.7. The lowest BCUT2D eigenvalue weighted by Crippen LogP contribution is -2.54. The number of anilines is 2. The van der Waals surface area contributed by atoms with Crippen LogP contribution in [0.3, 0.4) is 0 Å². The number of aromatic nitrogens is 4. The highest BCUT2D eigenvalue weighted by Crippen LogP contribution is 2.60. The molecule has 2 fully saturated rings. The Bertz CT molecular complexity index is 1840. The molecular formula is C30H33F3N8O5S. The molecule has 1 spiro atoms. The average molecular weight is 675 g/mol. The van der Waals surface area contributed by atoms with Gasteiger partial charge in [0, 0.05) is 31.6 Å². The summed E-state index contributed by atoms with van der Waals surface area (Å²) < 4.78 is 75.4. The van der Waals surface area contributed by atoms with Gasteiger partial charge in [-0.15, -0.1) is 5.10 Å². The van der Waals surface area contributed by atoms with E-state index in [1.807, 2.05) is 15.8 Å². The molecule has 3 aliphatic heterocycles. The summed E-state index contributed by atoms with van der Waals surface area (Å²) in [5.74, 6) is -0.321. The molecule has 0 aromatic carbocycles. The van der Waals surface area contributed by atoms with Gasteiger partial charge in [0.15, 0.2) is 11.6 Å². The molecule has 6 heterocycles. The molecule has 1 amide bonds. The predicted molar refractivity (Wildman–Crippen MR) is 164 cm³/mol. The summed E-state index contributed by atoms with van der Waals surface area (Å²) in [6.07, 6.45) is 2.13. The van der Waals surface area contributed by atoms with E-state index in [-0.39, 0.29) is 61.3 Å². The molecular weight excluding hydrogens is 641 g/mol. The first-order valence-corrected chi connectivity index (χ1v) is 16.9. The van der Waals surface area contributed by atoms with Gasteiger partial charge in [0.1, 0.15) is 11.6 Å². The van der Waals surface area contributed by atoms with Crippen LogP contribution in [0.1, 0.15) is 55.3 Å². The number of carbonyl (C=O) groups excluding carboxylic acids is 1. The Morgan fingerprint density at radius 1 is 1.13 bits per heavy atom. The molecule has 1 aliphatic carbocycles. The van der Waals surface area contributed by atoms with Gasteiger partial charge in [-0.2, -0.15) is 21.6 Å². The Balaban J connectivity index is 1.18. The van der Waals surface area contributed by atoms with Gasteiger partial charge >= 0.3 is 6.18 Å². The molecule has 2 atom stereocenters. The number of alkyl halides is 3. The summed E-state index contributed by atoms with van der Waals surface area (Å²) in [4.78, 5) is 28.9. The van der Waals surface area contributed by atoms with E-state index < -0.39 is 43.8 Å². The number of nitrogens with one attached hydrogen (secondary N) is 2. The van der Waals surface area contributed by atoms with Gasteiger partial charge in [-0.3, -0.25) is 9.79 Å². The molecule has 13 nitrogen and oxygen atoms in total. The summed E-state index contributed by atoms with van der Waals surface area (Å²) >= 11 is 0. The van der Waals surface area contributed by atoms with Gasteiger partial charge in [-0.25, -0.2) is 19.4 Å². The van der Waals surface area contributed by atoms with Crippen LogP contribution in [0.4, 0.5) is 24.8 Å². The number of aliphatic imine (C=N–C) groups is 1. The Labute approximate surface area is 268 Å². The van der Waals surface area contributed by atoms with E-state index in [4.69, 9.17) is 9.72 Å². The van der Waals surface area contributed by atoms with E-state index in [0.717, 1.165) is 19.3 Å². The summed E-state index contributed by atoms with van der Waals surface area (Å²) in [6, 6.07) is 7.20. The predicted octanol–water partition coefficient (Wildman–Crippen LogP) is 3.84. The Kier molecular flexibility index (Phi) is 7.56. The normalized spacial score (nSPS) is 24.4. The molecule has 47 heavy (non-hydrogen) atoms. The Hall–Kier alpha value is -4.41. The SMILES string of the molecule is O=C1NS(=O)(=O)c2nc(ccc2O)NCCC[C@@H]2CN(c3nc(-n4ccc(OCCCC5(C(F)(F)F)CC5)n4)ccc31)C1(C=NC1)C2. The summed E-state index contributed by atoms with van der Waals surface area (Å²) in [5, 5.41) is 17.1. The highest BCUT2D eigenvalue weighted by Gasteiger charge is 2.62. The Morgan fingerprint density at radius 2 is 1.94 bits per heavy atom. The van der Waals surface area contributed by atoms with E-state index >= 15 is 0 Å². The summed E-state index contributed by atoms with van der Waals surface area (Å²) in [5.41, 5.74) is -2.09. The average Bonchev–Trinajstić information content (AvgIpc) is 3.49. The fraction of sp³-hybridized carbons (Fsp3) is 0.500. The topological polar surface area (TPSA) is 164 Å². The zero-order valence-corrected chi connectivity index (χ0v) is 26.0. The third kappa shape index (κ3) is 5.85. The lowest BCUT2D eigenvalue weighted by atomic mass is 9.88. The first kappa shape index (κ1) is 31.2. The molecule has 4 bridgehead atoms. The number of sulfonamides is 1. The molecule has 1 saturated heterocycles. The standard InChI is InChI=1S/C30H33F3N8O5S/c31-30(32,33)28(10-11-28)9-2-14-46-24-8-13-41(38-24)23-7-4-20-25(37-23)40-16-19(15-29(40)17-34-18-29)3-1-12-35-22-6-5-21(42)27(36-22)47(44,45)39-26(20)43/h4-8,13,17,19,42H,1-3,9-12,14-16,18H2,(H,35,36)(H,39,43)/t19-,29?/m0/s1. The molecule has 3 N–H and O–H groups in total. The maximum absolute atomic E-state index is 13.7. The van der Waals surface area contributed by atoms with Crippen molar-refractivity contribution in [2.75, 3.05) is 36.5 Å². The molecule has 0 radical (unpaired) electrons. The quantitative estimate of drug-likeness (QED) is 0.328. The van der Waals surface area contributed by atoms with E-state index in [1.54, 1.807) is 12.3 Å². The molecule has 1 saturated carbocycles. The molecule has 7 rings (SSSR count). The summed E-state index contributed by atoms with van der Waals surface area (Å²) in [6.45, 7) is 1.63. The lowest BCUT2D eigenvalue weighted by molar-refractivity contribution is -0.189. The van der Waals surface area contributed by atoms with Crippen LogP contribution in [-0.2, 0) is 10.0 Å². The number of amides is 1. The number of aromatic hydroxyl groups is 1. The van der Waals surface area contributed by atoms with E-state index in [9.17, 15) is 31.5 Å². The maximum atomic E-state index is 13.7. The smallest absolute Gasteiger partial charge is 0.394 e. The molecule has 3 aromatic heterocycles. The number of rotatable bonds is 6. The number of halogens is 3. The second-order valence-electron chi connectivity index (χ2n) is 12.6. The highest BCUT2D eigenvalue weighted by molar-refractivity contribution is 7.90. The zero-order chi connectivity index (χ0) is 33.0. The van der Waals surface area contributed by atoms with Gasteiger partial charge in [0.25, 0.3) is 15.9 Å². The Morgan fingerprint density at radius 3 is 2.66 bits per heavy atom. The fourth-order valence-electron chi connectivity index (χ4n) is 6.62. The van der Waals surface area contributed by atoms with E-state index in [0.29, 0.717) is 25.5 Å². The zero-order valence-electron chi connectivity index (χ0n) is 25.2. The van der Waals surface area contributed by atoms with Crippen LogP contribution in [0, 0.1) is 11.3 Å². The van der Waals surface area contributed by atoms with Crippen molar-refractivity contribution in [2.45, 2.75) is 61.7 Å². The van der Waals surface area contributed by atoms with Crippen molar-refractivity contribution >= 4 is 33.8 Å². The van der Waals surface area contributed by atoms with Crippen LogP contribution in [0.2, 0.25) is 0 Å². The molecule has 4 aliphatic rings. The number of hydrogen-bond acceptors (Lipinski definition) is 11. The minimum atomic E-state index is -4.59. The van der Waals surface area contributed by atoms with Crippen LogP contribution in [-0.4, -0.2) is 83.4 Å². The van der Waals surface area contributed by atoms with Crippen molar-refractivity contribution < 1.29 is 36.2 Å². The van der Waals surface area contributed by atoms with Crippen LogP contribution in [0.15, 0.2) is 46.5 Å². The fourth-order valence-corrected chi connectivity index (χ4v) is 7.63. The molecule has 1 unspecified atom stereocenters. The van der Waals surface area contributed by atoms with Gasteiger partial charge in [0.2, 0.25) is 10.9 Å². The first-order chi connectivity index (χ1) is 22.4. The molecule has 250 valence electrons. The van der Waals surface area contributed by atoms with Crippen molar-refractivity contribution in [2.24, 2.45) is 16.3 Å². The molecule has 17 heteroatoms. The summed E-state index contributed by atoms with van der Waals surface area (Å²) in [7, 11) is -4.59. The van der Waals surface area contributed by atoms with Crippen molar-refractivity contribution in [1.29, 1.82) is 0 Å². The van der Waals surface area contributed by atoms with Gasteiger partial charge < -0.3 is 20.1 Å². The first-order valence-electron chi connectivity index (χ1n) is 15.4. The van der Waals surface area contributed by atoms with Crippen LogP contribution in [0.25, 0.3) is 5.82 Å². The number of hydrogen-bond donors (Lipinski definition) is 3. The minimum absolute atomic E-state index is 0.000872. The largest absolute Gasteiger partial charge is 0.505 e. The monoisotopic (exact) mass is 674 g/mol. The van der Waals surface area contributed by atoms with Crippen LogP contribution < -0.4 is 19.7 Å². The van der Waals surface area contributed by atoms with Gasteiger partial charge in [0.05, 0.1) is 29.7 Å². The van der Waals surface area contributed by atoms with Crippen LogP contribution >= 0.6 is 0 Å². The van der Waals surface area contributed by atoms with Crippen molar-refractivity contribution in [3.8, 4) is 17.4 Å². The number of nitrogens with zero attached hydrogens (tertiary/aromatic N) is 6. The van der Waals surface area contributed by atoms with Crippen molar-refractivity contribution in [3.63, 3.8) is 0 Å². The number of ether oxygens (including phenoxy) is 1. The number of pyridine rings is 2. The molecule has 3 aromatic rings. The number of carbonyl (C=O) groups is 1. The van der Waals surface area contributed by atoms with Crippen molar-refractivity contribution in [3.05, 3.63) is 42.1 Å². The van der Waals surface area contributed by atoms with Crippen LogP contribution in [0.5, 0.6) is 11.6 Å². The highest BCUT2D eigenvalue weighted by atomic mass is 32.2. The van der Waals surface area contributed by atoms with Gasteiger partial charge in [-0.05, 0) is 75.1 Å². The third-order valence-electron chi connectivity index (χ3n) is 9.40. The number of fused-ring (bicyclic) bond motifs is 7. The maximum Gasteiger partial charge on any atom is 0.394 e. The second-order valence-corrected chi connectivity index (χ2v) is 14.2.